The second kappa shape index (κ2) is 70.1. The van der Waals surface area contributed by atoms with Crippen LogP contribution < -0.4 is 0 Å². The van der Waals surface area contributed by atoms with Gasteiger partial charge in [0.2, 0.25) is 0 Å². The summed E-state index contributed by atoms with van der Waals surface area (Å²) in [6.07, 6.45) is 57.0. The van der Waals surface area contributed by atoms with Crippen LogP contribution >= 0.6 is 15.6 Å². The molecule has 19 heteroatoms. The first-order valence-electron chi connectivity index (χ1n) is 41.7. The number of rotatable bonds is 78. The second-order valence-electron chi connectivity index (χ2n) is 30.8. The second-order valence-corrected chi connectivity index (χ2v) is 33.7. The van der Waals surface area contributed by atoms with Crippen molar-refractivity contribution in [2.24, 2.45) is 23.7 Å². The fourth-order valence-electron chi connectivity index (χ4n) is 12.4. The molecule has 0 saturated heterocycles. The Morgan fingerprint density at radius 2 is 0.480 bits per heavy atom. The Morgan fingerprint density at radius 3 is 0.710 bits per heavy atom. The standard InChI is InChI=1S/C81H158O17P2/c1-9-74(8)60-52-44-39-40-46-54-62-79(84)92-68-77(98-80(85)63-55-47-37-31-24-19-15-13-11-10-12-14-17-21-27-33-41-49-57-71(2)3)70-96-100(89,90)94-66-75(82)65-93-99(87,88)95-69-76(97-81(86)64-56-48-38-32-26-25-29-35-43-51-59-73(6)7)67-91-78(83)61-53-45-36-30-23-20-16-18-22-28-34-42-50-58-72(4)5/h71-77,82H,9-70H2,1-8H3,(H,87,88)(H,89,90)/t74?,75-,76-,77-/m1/s1. The zero-order valence-corrected chi connectivity index (χ0v) is 67.6. The Hall–Kier alpha value is -1.94. The molecule has 0 aliphatic rings. The fourth-order valence-corrected chi connectivity index (χ4v) is 14.0. The smallest absolute Gasteiger partial charge is 0.462 e. The lowest BCUT2D eigenvalue weighted by Gasteiger charge is -2.21. The van der Waals surface area contributed by atoms with Crippen LogP contribution in [-0.4, -0.2) is 96.7 Å². The number of ether oxygens (including phenoxy) is 4. The number of carbonyl (C=O) groups is 4. The van der Waals surface area contributed by atoms with E-state index in [0.717, 1.165) is 120 Å². The summed E-state index contributed by atoms with van der Waals surface area (Å²) in [5.41, 5.74) is 0. The first kappa shape index (κ1) is 98.1. The van der Waals surface area contributed by atoms with Gasteiger partial charge in [0, 0.05) is 25.7 Å². The zero-order chi connectivity index (χ0) is 73.8. The lowest BCUT2D eigenvalue weighted by atomic mass is 10.00. The molecule has 594 valence electrons. The maximum absolute atomic E-state index is 13.1. The van der Waals surface area contributed by atoms with Crippen LogP contribution in [0.15, 0.2) is 0 Å². The summed E-state index contributed by atoms with van der Waals surface area (Å²) >= 11 is 0. The number of phosphoric acid groups is 2. The summed E-state index contributed by atoms with van der Waals surface area (Å²) in [7, 11) is -9.92. The molecule has 0 bridgehead atoms. The maximum atomic E-state index is 13.1. The van der Waals surface area contributed by atoms with Gasteiger partial charge in [0.25, 0.3) is 0 Å². The predicted octanol–water partition coefficient (Wildman–Crippen LogP) is 24.0. The summed E-state index contributed by atoms with van der Waals surface area (Å²) in [6.45, 7) is 14.2. The van der Waals surface area contributed by atoms with E-state index in [2.05, 4.69) is 55.4 Å². The van der Waals surface area contributed by atoms with Crippen LogP contribution in [0.4, 0.5) is 0 Å². The molecule has 0 heterocycles. The number of hydrogen-bond acceptors (Lipinski definition) is 15. The van der Waals surface area contributed by atoms with E-state index >= 15 is 0 Å². The van der Waals surface area contributed by atoms with Gasteiger partial charge in [-0.1, -0.05) is 364 Å². The van der Waals surface area contributed by atoms with Crippen molar-refractivity contribution in [3.63, 3.8) is 0 Å². The van der Waals surface area contributed by atoms with Crippen LogP contribution in [0.1, 0.15) is 415 Å². The van der Waals surface area contributed by atoms with Gasteiger partial charge >= 0.3 is 39.5 Å². The van der Waals surface area contributed by atoms with Gasteiger partial charge in [-0.15, -0.1) is 0 Å². The van der Waals surface area contributed by atoms with E-state index in [-0.39, 0.29) is 25.7 Å². The van der Waals surface area contributed by atoms with E-state index in [4.69, 9.17) is 37.0 Å². The molecule has 3 N–H and O–H groups in total. The summed E-state index contributed by atoms with van der Waals surface area (Å²) in [6, 6.07) is 0. The van der Waals surface area contributed by atoms with Gasteiger partial charge in [0.05, 0.1) is 26.4 Å². The molecule has 0 rings (SSSR count). The number of hydrogen-bond donors (Lipinski definition) is 3. The summed E-state index contributed by atoms with van der Waals surface area (Å²) in [5, 5.41) is 10.6. The van der Waals surface area contributed by atoms with Gasteiger partial charge in [0.15, 0.2) is 12.2 Å². The van der Waals surface area contributed by atoms with E-state index in [1.165, 1.54) is 212 Å². The Bertz CT molecular complexity index is 1960. The van der Waals surface area contributed by atoms with Crippen molar-refractivity contribution in [1.82, 2.24) is 0 Å². The van der Waals surface area contributed by atoms with Crippen molar-refractivity contribution in [2.75, 3.05) is 39.6 Å². The molecule has 0 aromatic carbocycles. The minimum atomic E-state index is -4.96. The van der Waals surface area contributed by atoms with Gasteiger partial charge < -0.3 is 33.8 Å². The van der Waals surface area contributed by atoms with E-state index in [9.17, 15) is 43.2 Å². The highest BCUT2D eigenvalue weighted by atomic mass is 31.2. The topological polar surface area (TPSA) is 237 Å². The third-order valence-corrected chi connectivity index (χ3v) is 21.1. The molecule has 0 amide bonds. The number of phosphoric ester groups is 2. The highest BCUT2D eigenvalue weighted by Gasteiger charge is 2.30. The molecule has 17 nitrogen and oxygen atoms in total. The van der Waals surface area contributed by atoms with Crippen LogP contribution in [0.2, 0.25) is 0 Å². The maximum Gasteiger partial charge on any atom is 0.472 e. The van der Waals surface area contributed by atoms with Crippen LogP contribution in [-0.2, 0) is 65.4 Å². The molecule has 3 unspecified atom stereocenters. The SMILES string of the molecule is CCC(C)CCCCCCCCC(=O)OC[C@H](COP(=O)(O)OC[C@H](O)COP(=O)(O)OC[C@@H](COC(=O)CCCCCCCCCCCCCCCC(C)C)OC(=O)CCCCCCCCCCCCC(C)C)OC(=O)CCCCCCCCCCCCCCCCCCCCC(C)C. The molecule has 0 spiro atoms. The minimum absolute atomic E-state index is 0.106. The van der Waals surface area contributed by atoms with E-state index in [1.54, 1.807) is 0 Å². The van der Waals surface area contributed by atoms with Gasteiger partial charge in [-0.25, -0.2) is 9.13 Å². The summed E-state index contributed by atoms with van der Waals surface area (Å²) in [4.78, 5) is 73.0. The Balaban J connectivity index is 5.20. The lowest BCUT2D eigenvalue weighted by Crippen LogP contribution is -2.30. The Labute approximate surface area is 613 Å². The first-order valence-corrected chi connectivity index (χ1v) is 44.7. The zero-order valence-electron chi connectivity index (χ0n) is 65.8. The monoisotopic (exact) mass is 1470 g/mol. The number of aliphatic hydroxyl groups is 1. The van der Waals surface area contributed by atoms with Gasteiger partial charge in [-0.3, -0.25) is 37.3 Å². The van der Waals surface area contributed by atoms with Crippen LogP contribution in [0.3, 0.4) is 0 Å². The lowest BCUT2D eigenvalue weighted by molar-refractivity contribution is -0.161. The molecule has 0 aromatic heterocycles. The fraction of sp³-hybridized carbons (Fsp3) is 0.951. The quantitative estimate of drug-likeness (QED) is 0.0222. The summed E-state index contributed by atoms with van der Waals surface area (Å²) < 4.78 is 68.7. The third kappa shape index (κ3) is 73.0. The minimum Gasteiger partial charge on any atom is -0.462 e. The van der Waals surface area contributed by atoms with E-state index in [1.807, 2.05) is 0 Å². The average Bonchev–Trinajstić information content (AvgIpc) is 0.944. The Morgan fingerprint density at radius 1 is 0.280 bits per heavy atom. The van der Waals surface area contributed by atoms with Crippen LogP contribution in [0, 0.1) is 23.7 Å². The van der Waals surface area contributed by atoms with Gasteiger partial charge in [-0.05, 0) is 49.4 Å². The predicted molar refractivity (Wildman–Crippen MR) is 409 cm³/mol. The molecule has 0 fully saturated rings. The molecule has 0 aromatic rings. The first-order chi connectivity index (χ1) is 48.1. The highest BCUT2D eigenvalue weighted by Crippen LogP contribution is 2.45. The third-order valence-electron chi connectivity index (χ3n) is 19.2. The van der Waals surface area contributed by atoms with Crippen molar-refractivity contribution < 1.29 is 80.2 Å². The summed E-state index contributed by atoms with van der Waals surface area (Å²) in [5.74, 6) is 0.979. The van der Waals surface area contributed by atoms with Crippen molar-refractivity contribution >= 4 is 39.5 Å². The van der Waals surface area contributed by atoms with Crippen LogP contribution in [0.25, 0.3) is 0 Å². The molecular formula is C81H158O17P2. The number of aliphatic hydroxyl groups excluding tert-OH is 1. The normalized spacial score (nSPS) is 14.3. The molecule has 6 atom stereocenters. The van der Waals surface area contributed by atoms with Crippen molar-refractivity contribution in [3.05, 3.63) is 0 Å². The molecule has 100 heavy (non-hydrogen) atoms. The molecule has 0 aliphatic heterocycles. The largest absolute Gasteiger partial charge is 0.472 e. The molecular weight excluding hydrogens is 1310 g/mol. The van der Waals surface area contributed by atoms with Gasteiger partial charge in [0.1, 0.15) is 19.3 Å². The average molecular weight is 1470 g/mol. The van der Waals surface area contributed by atoms with Crippen molar-refractivity contribution in [3.8, 4) is 0 Å². The highest BCUT2D eigenvalue weighted by molar-refractivity contribution is 7.47. The molecule has 0 aliphatic carbocycles. The van der Waals surface area contributed by atoms with E-state index < -0.39 is 97.5 Å². The number of unbranched alkanes of at least 4 members (excludes halogenated alkanes) is 43. The van der Waals surface area contributed by atoms with Gasteiger partial charge in [-0.2, -0.15) is 0 Å². The molecule has 0 saturated carbocycles. The van der Waals surface area contributed by atoms with Crippen LogP contribution in [0.5, 0.6) is 0 Å². The molecule has 0 radical (unpaired) electrons. The Kier molecular flexibility index (Phi) is 68.7. The van der Waals surface area contributed by atoms with E-state index in [0.29, 0.717) is 25.7 Å². The number of carbonyl (C=O) groups excluding carboxylic acids is 4. The number of esters is 4. The van der Waals surface area contributed by atoms with Crippen molar-refractivity contribution in [1.29, 1.82) is 0 Å². The van der Waals surface area contributed by atoms with Crippen molar-refractivity contribution in [2.45, 2.75) is 433 Å².